The number of amides is 2. The van der Waals surface area contributed by atoms with Gasteiger partial charge in [0.1, 0.15) is 11.5 Å². The third-order valence-corrected chi connectivity index (χ3v) is 7.09. The summed E-state index contributed by atoms with van der Waals surface area (Å²) in [5.41, 5.74) is 4.52. The molecule has 3 aliphatic carbocycles. The number of anilines is 1. The molecule has 4 aliphatic rings. The van der Waals surface area contributed by atoms with E-state index < -0.39 is 23.8 Å². The number of nitrogens with zero attached hydrogens (tertiary/aromatic N) is 1. The first-order valence-corrected chi connectivity index (χ1v) is 11.4. The van der Waals surface area contributed by atoms with Crippen molar-refractivity contribution in [1.82, 2.24) is 0 Å². The van der Waals surface area contributed by atoms with Crippen LogP contribution >= 0.6 is 0 Å². The lowest BCUT2D eigenvalue weighted by atomic mass is 9.55. The van der Waals surface area contributed by atoms with Crippen molar-refractivity contribution < 1.29 is 28.7 Å². The monoisotopic (exact) mass is 467 g/mol. The van der Waals surface area contributed by atoms with Crippen LogP contribution in [0, 0.1) is 11.8 Å². The molecule has 1 heterocycles. The minimum Gasteiger partial charge on any atom is -0.427 e. The van der Waals surface area contributed by atoms with E-state index in [0.717, 1.165) is 27.2 Å². The average Bonchev–Trinajstić information content (AvgIpc) is 3.08. The number of carbonyl (C=O) groups is 4. The van der Waals surface area contributed by atoms with Crippen molar-refractivity contribution in [3.8, 4) is 11.5 Å². The van der Waals surface area contributed by atoms with Gasteiger partial charge in [-0.2, -0.15) is 0 Å². The molecule has 7 nitrogen and oxygen atoms in total. The van der Waals surface area contributed by atoms with Crippen LogP contribution in [0.4, 0.5) is 5.69 Å². The number of hydrogen-bond acceptors (Lipinski definition) is 6. The second-order valence-electron chi connectivity index (χ2n) is 9.13. The number of hydrogen-bond donors (Lipinski definition) is 0. The summed E-state index contributed by atoms with van der Waals surface area (Å²) in [5.74, 6) is -3.18. The van der Waals surface area contributed by atoms with E-state index in [0.29, 0.717) is 0 Å². The number of imide groups is 1. The Labute approximate surface area is 201 Å². The summed E-state index contributed by atoms with van der Waals surface area (Å²) in [7, 11) is 0. The Morgan fingerprint density at radius 3 is 1.37 bits per heavy atom. The first kappa shape index (κ1) is 21.3. The van der Waals surface area contributed by atoms with Crippen LogP contribution in [0.15, 0.2) is 66.7 Å². The predicted octanol–water partition coefficient (Wildman–Crippen LogP) is 3.93. The van der Waals surface area contributed by atoms with Crippen LogP contribution in [0.5, 0.6) is 11.5 Å². The number of carbonyl (C=O) groups excluding carboxylic acids is 4. The van der Waals surface area contributed by atoms with Crippen LogP contribution in [0.25, 0.3) is 0 Å². The molecule has 1 saturated heterocycles. The molecule has 2 amide bonds. The average molecular weight is 467 g/mol. The lowest BCUT2D eigenvalue weighted by Crippen LogP contribution is -2.41. The van der Waals surface area contributed by atoms with Gasteiger partial charge in [-0.15, -0.1) is 0 Å². The highest BCUT2D eigenvalue weighted by atomic mass is 16.5. The van der Waals surface area contributed by atoms with E-state index in [1.54, 1.807) is 0 Å². The zero-order valence-corrected chi connectivity index (χ0v) is 19.1. The van der Waals surface area contributed by atoms with Crippen molar-refractivity contribution in [2.75, 3.05) is 4.90 Å². The smallest absolute Gasteiger partial charge is 0.308 e. The molecule has 0 aromatic heterocycles. The second kappa shape index (κ2) is 7.63. The Morgan fingerprint density at radius 1 is 0.657 bits per heavy atom. The molecule has 174 valence electrons. The Balaban J connectivity index is 1.49. The zero-order chi connectivity index (χ0) is 24.4. The van der Waals surface area contributed by atoms with E-state index in [1.807, 2.05) is 48.5 Å². The normalized spacial score (nSPS) is 23.4. The summed E-state index contributed by atoms with van der Waals surface area (Å²) in [6.07, 6.45) is 0. The fourth-order valence-corrected chi connectivity index (χ4v) is 6.07. The standard InChI is InChI=1S/C28H21NO6/c1-14(30)34-17-11-16(12-18(13-17)35-15(2)31)29-27(32)25-23-19-7-3-4-8-20(19)24(26(25)28(29)33)22-10-6-5-9-21(22)23/h3-13,23-26H,1-2H3. The van der Waals surface area contributed by atoms with E-state index in [9.17, 15) is 19.2 Å². The summed E-state index contributed by atoms with van der Waals surface area (Å²) >= 11 is 0. The molecular formula is C28H21NO6. The molecule has 1 fully saturated rings. The van der Waals surface area contributed by atoms with Gasteiger partial charge in [-0.05, 0) is 22.3 Å². The quantitative estimate of drug-likeness (QED) is 0.329. The molecule has 2 atom stereocenters. The summed E-state index contributed by atoms with van der Waals surface area (Å²) in [4.78, 5) is 52.2. The van der Waals surface area contributed by atoms with Crippen molar-refractivity contribution in [3.05, 3.63) is 89.0 Å². The maximum Gasteiger partial charge on any atom is 0.308 e. The van der Waals surface area contributed by atoms with Gasteiger partial charge in [0, 0.05) is 43.9 Å². The maximum absolute atomic E-state index is 13.9. The van der Waals surface area contributed by atoms with Crippen LogP contribution in [0.3, 0.4) is 0 Å². The fourth-order valence-electron chi connectivity index (χ4n) is 6.07. The Hall–Kier alpha value is -4.26. The topological polar surface area (TPSA) is 90.0 Å². The molecule has 35 heavy (non-hydrogen) atoms. The molecule has 7 rings (SSSR count). The molecule has 3 aromatic rings. The minimum atomic E-state index is -0.576. The van der Waals surface area contributed by atoms with Gasteiger partial charge in [-0.1, -0.05) is 48.5 Å². The minimum absolute atomic E-state index is 0.0799. The number of benzene rings is 3. The predicted molar refractivity (Wildman–Crippen MR) is 125 cm³/mol. The van der Waals surface area contributed by atoms with Gasteiger partial charge in [0.2, 0.25) is 11.8 Å². The summed E-state index contributed by atoms with van der Waals surface area (Å²) in [6.45, 7) is 2.48. The highest BCUT2D eigenvalue weighted by Crippen LogP contribution is 2.61. The summed E-state index contributed by atoms with van der Waals surface area (Å²) < 4.78 is 10.4. The SMILES string of the molecule is CC(=O)Oc1cc(OC(C)=O)cc(N2C(=O)C3C4c5ccccc5C(c5ccccc54)C3C2=O)c1. The Morgan fingerprint density at radius 2 is 1.03 bits per heavy atom. The fraction of sp³-hybridized carbons (Fsp3) is 0.214. The van der Waals surface area contributed by atoms with Crippen molar-refractivity contribution in [3.63, 3.8) is 0 Å². The molecule has 0 radical (unpaired) electrons. The summed E-state index contributed by atoms with van der Waals surface area (Å²) in [6, 6.07) is 20.3. The number of esters is 2. The van der Waals surface area contributed by atoms with E-state index in [1.165, 1.54) is 32.0 Å². The van der Waals surface area contributed by atoms with E-state index >= 15 is 0 Å². The van der Waals surface area contributed by atoms with Crippen LogP contribution in [-0.2, 0) is 19.2 Å². The molecule has 1 aliphatic heterocycles. The number of ether oxygens (including phenoxy) is 2. The molecular weight excluding hydrogens is 446 g/mol. The van der Waals surface area contributed by atoms with Crippen molar-refractivity contribution >= 4 is 29.4 Å². The van der Waals surface area contributed by atoms with Gasteiger partial charge in [-0.3, -0.25) is 19.2 Å². The van der Waals surface area contributed by atoms with E-state index in [2.05, 4.69) is 0 Å². The van der Waals surface area contributed by atoms with Crippen molar-refractivity contribution in [2.24, 2.45) is 11.8 Å². The highest BCUT2D eigenvalue weighted by molar-refractivity contribution is 6.23. The van der Waals surface area contributed by atoms with Gasteiger partial charge in [0.15, 0.2) is 0 Å². The van der Waals surface area contributed by atoms with Crippen LogP contribution in [0.1, 0.15) is 47.9 Å². The molecule has 0 saturated carbocycles. The lowest BCUT2D eigenvalue weighted by molar-refractivity contribution is -0.132. The summed E-state index contributed by atoms with van der Waals surface area (Å²) in [5, 5.41) is 0. The van der Waals surface area contributed by atoms with Gasteiger partial charge in [0.05, 0.1) is 17.5 Å². The first-order valence-electron chi connectivity index (χ1n) is 11.4. The van der Waals surface area contributed by atoms with Crippen LogP contribution in [-0.4, -0.2) is 23.8 Å². The maximum atomic E-state index is 13.9. The van der Waals surface area contributed by atoms with Crippen LogP contribution in [0.2, 0.25) is 0 Å². The van der Waals surface area contributed by atoms with E-state index in [4.69, 9.17) is 9.47 Å². The third-order valence-electron chi connectivity index (χ3n) is 7.09. The highest BCUT2D eigenvalue weighted by Gasteiger charge is 2.61. The number of rotatable bonds is 3. The molecule has 0 spiro atoms. The van der Waals surface area contributed by atoms with Crippen molar-refractivity contribution in [2.45, 2.75) is 25.7 Å². The first-order chi connectivity index (χ1) is 16.8. The van der Waals surface area contributed by atoms with Gasteiger partial charge in [-0.25, -0.2) is 4.90 Å². The molecule has 0 N–H and O–H groups in total. The largest absolute Gasteiger partial charge is 0.427 e. The molecule has 2 bridgehead atoms. The molecule has 7 heteroatoms. The molecule has 2 unspecified atom stereocenters. The van der Waals surface area contributed by atoms with E-state index in [-0.39, 0.29) is 40.8 Å². The Bertz CT molecular complexity index is 1290. The van der Waals surface area contributed by atoms with Gasteiger partial charge in [0.25, 0.3) is 0 Å². The van der Waals surface area contributed by atoms with Crippen molar-refractivity contribution in [1.29, 1.82) is 0 Å². The van der Waals surface area contributed by atoms with Gasteiger partial charge >= 0.3 is 11.9 Å². The molecule has 3 aromatic carbocycles. The zero-order valence-electron chi connectivity index (χ0n) is 19.1. The Kier molecular flexibility index (Phi) is 4.64. The van der Waals surface area contributed by atoms with Crippen LogP contribution < -0.4 is 14.4 Å². The van der Waals surface area contributed by atoms with Gasteiger partial charge < -0.3 is 9.47 Å². The third kappa shape index (κ3) is 3.11. The lowest BCUT2D eigenvalue weighted by Gasteiger charge is -2.45. The second-order valence-corrected chi connectivity index (χ2v) is 9.13.